The third-order valence-corrected chi connectivity index (χ3v) is 4.97. The molecule has 0 spiro atoms. The minimum Gasteiger partial charge on any atom is -0.394 e. The van der Waals surface area contributed by atoms with Crippen LogP contribution in [-0.4, -0.2) is 38.0 Å². The zero-order chi connectivity index (χ0) is 19.9. The second-order valence-corrected chi connectivity index (χ2v) is 7.37. The molecule has 0 radical (unpaired) electrons. The zero-order valence-corrected chi connectivity index (χ0v) is 16.1. The van der Waals surface area contributed by atoms with Crippen LogP contribution >= 0.6 is 0 Å². The summed E-state index contributed by atoms with van der Waals surface area (Å²) in [5.41, 5.74) is 3.06. The van der Waals surface area contributed by atoms with Crippen molar-refractivity contribution in [1.82, 2.24) is 19.2 Å². The van der Waals surface area contributed by atoms with E-state index in [0.29, 0.717) is 23.2 Å². The van der Waals surface area contributed by atoms with Gasteiger partial charge in [0.25, 0.3) is 5.56 Å². The Morgan fingerprint density at radius 2 is 1.93 bits per heavy atom. The number of fused-ring (bicyclic) bond motifs is 3. The molecule has 0 aliphatic rings. The molecule has 4 aromatic rings. The van der Waals surface area contributed by atoms with Crippen LogP contribution in [0.4, 0.5) is 0 Å². The number of pyridine rings is 1. The van der Waals surface area contributed by atoms with Crippen molar-refractivity contribution in [2.75, 3.05) is 13.7 Å². The molecule has 0 aliphatic carbocycles. The summed E-state index contributed by atoms with van der Waals surface area (Å²) in [7, 11) is 1.62. The summed E-state index contributed by atoms with van der Waals surface area (Å²) in [5, 5.41) is 14.8. The van der Waals surface area contributed by atoms with Gasteiger partial charge in [0.15, 0.2) is 5.65 Å². The fourth-order valence-electron chi connectivity index (χ4n) is 3.41. The van der Waals surface area contributed by atoms with Crippen LogP contribution in [0.3, 0.4) is 0 Å². The molecule has 0 saturated heterocycles. The van der Waals surface area contributed by atoms with Gasteiger partial charge in [0.2, 0.25) is 0 Å². The van der Waals surface area contributed by atoms with Crippen LogP contribution in [0.5, 0.6) is 0 Å². The standard InChI is InChI=1S/C21H22N4O3/c1-21(2,13-26)24-10-9-17-15(20(24)27)11-22-19-18(14-7-5-4-6-8-14)16(12-28-3)23-25(17)19/h4-11,26H,12-13H2,1-3H3. The molecule has 0 unspecified atom stereocenters. The van der Waals surface area contributed by atoms with Crippen LogP contribution in [0.15, 0.2) is 53.6 Å². The van der Waals surface area contributed by atoms with Crippen molar-refractivity contribution < 1.29 is 9.84 Å². The molecular formula is C21H22N4O3. The van der Waals surface area contributed by atoms with E-state index in [1.807, 2.05) is 50.2 Å². The molecule has 0 aliphatic heterocycles. The summed E-state index contributed by atoms with van der Waals surface area (Å²) >= 11 is 0. The number of rotatable bonds is 5. The lowest BCUT2D eigenvalue weighted by atomic mass is 10.1. The van der Waals surface area contributed by atoms with Gasteiger partial charge in [-0.25, -0.2) is 9.50 Å². The monoisotopic (exact) mass is 378 g/mol. The van der Waals surface area contributed by atoms with Gasteiger partial charge >= 0.3 is 0 Å². The normalized spacial score (nSPS) is 12.1. The zero-order valence-electron chi connectivity index (χ0n) is 16.1. The van der Waals surface area contributed by atoms with Gasteiger partial charge in [0.05, 0.1) is 40.9 Å². The molecule has 0 bridgehead atoms. The molecule has 4 rings (SSSR count). The maximum absolute atomic E-state index is 13.0. The number of aromatic nitrogens is 4. The van der Waals surface area contributed by atoms with Crippen molar-refractivity contribution >= 4 is 16.6 Å². The van der Waals surface area contributed by atoms with Crippen LogP contribution in [0.1, 0.15) is 19.5 Å². The van der Waals surface area contributed by atoms with Crippen molar-refractivity contribution in [2.24, 2.45) is 0 Å². The van der Waals surface area contributed by atoms with Gasteiger partial charge in [-0.1, -0.05) is 30.3 Å². The lowest BCUT2D eigenvalue weighted by Crippen LogP contribution is -2.38. The molecule has 0 fully saturated rings. The van der Waals surface area contributed by atoms with E-state index in [2.05, 4.69) is 4.98 Å². The number of nitrogens with zero attached hydrogens (tertiary/aromatic N) is 4. The maximum Gasteiger partial charge on any atom is 0.262 e. The second kappa shape index (κ2) is 6.85. The number of benzene rings is 1. The minimum absolute atomic E-state index is 0.147. The Bertz CT molecular complexity index is 1210. The highest BCUT2D eigenvalue weighted by molar-refractivity contribution is 5.86. The van der Waals surface area contributed by atoms with Crippen LogP contribution in [-0.2, 0) is 16.9 Å². The Labute approximate surface area is 161 Å². The largest absolute Gasteiger partial charge is 0.394 e. The first-order chi connectivity index (χ1) is 13.5. The highest BCUT2D eigenvalue weighted by Crippen LogP contribution is 2.29. The number of ether oxygens (including phenoxy) is 1. The quantitative estimate of drug-likeness (QED) is 0.577. The van der Waals surface area contributed by atoms with E-state index in [1.165, 1.54) is 4.57 Å². The third kappa shape index (κ3) is 2.80. The van der Waals surface area contributed by atoms with Crippen LogP contribution in [0, 0.1) is 0 Å². The van der Waals surface area contributed by atoms with E-state index >= 15 is 0 Å². The van der Waals surface area contributed by atoms with E-state index < -0.39 is 5.54 Å². The first kappa shape index (κ1) is 18.3. The summed E-state index contributed by atoms with van der Waals surface area (Å²) in [6.07, 6.45) is 3.28. The number of aliphatic hydroxyl groups excluding tert-OH is 1. The molecule has 3 aromatic heterocycles. The molecule has 7 nitrogen and oxygen atoms in total. The number of hydrogen-bond donors (Lipinski definition) is 1. The third-order valence-electron chi connectivity index (χ3n) is 4.97. The molecular weight excluding hydrogens is 356 g/mol. The second-order valence-electron chi connectivity index (χ2n) is 7.37. The molecule has 144 valence electrons. The Balaban J connectivity index is 2.04. The van der Waals surface area contributed by atoms with Crippen molar-refractivity contribution in [3.05, 3.63) is 64.8 Å². The Kier molecular flexibility index (Phi) is 4.49. The van der Waals surface area contributed by atoms with E-state index in [4.69, 9.17) is 9.84 Å². The van der Waals surface area contributed by atoms with Gasteiger partial charge in [-0.15, -0.1) is 0 Å². The lowest BCUT2D eigenvalue weighted by Gasteiger charge is -2.25. The van der Waals surface area contributed by atoms with Crippen molar-refractivity contribution in [2.45, 2.75) is 26.0 Å². The van der Waals surface area contributed by atoms with Gasteiger partial charge in [-0.2, -0.15) is 5.10 Å². The topological polar surface area (TPSA) is 81.7 Å². The fraction of sp³-hybridized carbons (Fsp3) is 0.286. The van der Waals surface area contributed by atoms with E-state index in [9.17, 15) is 9.90 Å². The van der Waals surface area contributed by atoms with E-state index in [-0.39, 0.29) is 12.2 Å². The molecule has 0 amide bonds. The summed E-state index contributed by atoms with van der Waals surface area (Å²) in [6, 6.07) is 11.7. The molecule has 0 saturated carbocycles. The van der Waals surface area contributed by atoms with Crippen LogP contribution in [0.2, 0.25) is 0 Å². The predicted molar refractivity (Wildman–Crippen MR) is 107 cm³/mol. The summed E-state index contributed by atoms with van der Waals surface area (Å²) in [6.45, 7) is 3.81. The Morgan fingerprint density at radius 1 is 1.18 bits per heavy atom. The van der Waals surface area contributed by atoms with Crippen molar-refractivity contribution in [3.8, 4) is 11.1 Å². The molecule has 1 aromatic carbocycles. The molecule has 0 atom stereocenters. The maximum atomic E-state index is 13.0. The molecule has 28 heavy (non-hydrogen) atoms. The summed E-state index contributed by atoms with van der Waals surface area (Å²) in [4.78, 5) is 17.6. The van der Waals surface area contributed by atoms with E-state index in [1.54, 1.807) is 24.0 Å². The highest BCUT2D eigenvalue weighted by atomic mass is 16.5. The Hall–Kier alpha value is -3.03. The molecule has 3 heterocycles. The number of aliphatic hydroxyl groups is 1. The minimum atomic E-state index is -0.708. The van der Waals surface area contributed by atoms with Gasteiger partial charge in [0.1, 0.15) is 0 Å². The Morgan fingerprint density at radius 3 is 2.61 bits per heavy atom. The first-order valence-corrected chi connectivity index (χ1v) is 9.05. The van der Waals surface area contributed by atoms with Crippen LogP contribution in [0.25, 0.3) is 27.7 Å². The van der Waals surface area contributed by atoms with Crippen LogP contribution < -0.4 is 5.56 Å². The predicted octanol–water partition coefficient (Wildman–Crippen LogP) is 2.59. The smallest absolute Gasteiger partial charge is 0.262 e. The SMILES string of the molecule is COCc1nn2c(ncc3c(=O)n(C(C)(C)CO)ccc32)c1-c1ccccc1. The molecule has 7 heteroatoms. The first-order valence-electron chi connectivity index (χ1n) is 9.05. The average Bonchev–Trinajstić information content (AvgIpc) is 3.07. The number of hydrogen-bond acceptors (Lipinski definition) is 5. The van der Waals surface area contributed by atoms with Gasteiger partial charge < -0.3 is 14.4 Å². The summed E-state index contributed by atoms with van der Waals surface area (Å²) < 4.78 is 8.56. The van der Waals surface area contributed by atoms with Gasteiger partial charge in [-0.05, 0) is 25.5 Å². The highest BCUT2D eigenvalue weighted by Gasteiger charge is 2.23. The molecule has 1 N–H and O–H groups in total. The summed E-state index contributed by atoms with van der Waals surface area (Å²) in [5.74, 6) is 0. The van der Waals surface area contributed by atoms with Gasteiger partial charge in [-0.3, -0.25) is 4.79 Å². The fourth-order valence-corrected chi connectivity index (χ4v) is 3.41. The number of methoxy groups -OCH3 is 1. The van der Waals surface area contributed by atoms with Gasteiger partial charge in [0, 0.05) is 19.5 Å². The van der Waals surface area contributed by atoms with E-state index in [0.717, 1.165) is 16.8 Å². The lowest BCUT2D eigenvalue weighted by molar-refractivity contribution is 0.161. The average molecular weight is 378 g/mol. The van der Waals surface area contributed by atoms with Crippen molar-refractivity contribution in [1.29, 1.82) is 0 Å². The van der Waals surface area contributed by atoms with Crippen molar-refractivity contribution in [3.63, 3.8) is 0 Å².